The van der Waals surface area contributed by atoms with Crippen LogP contribution >= 0.6 is 11.6 Å². The minimum Gasteiger partial charge on any atom is -0.323 e. The first kappa shape index (κ1) is 16.8. The molecule has 6 heteroatoms. The van der Waals surface area contributed by atoms with Crippen LogP contribution in [0.15, 0.2) is 29.2 Å². The number of nitrogens with one attached hydrogen (secondary N) is 1. The van der Waals surface area contributed by atoms with Crippen molar-refractivity contribution in [3.63, 3.8) is 0 Å². The Labute approximate surface area is 139 Å². The zero-order chi connectivity index (χ0) is 17.1. The molecule has 0 aliphatic rings. The molecule has 2 aromatic rings. The smallest absolute Gasteiger partial charge is 0.269 e. The highest BCUT2D eigenvalue weighted by molar-refractivity contribution is 6.34. The molecular formula is C17H16ClN3O2. The van der Waals surface area contributed by atoms with Crippen molar-refractivity contribution in [2.45, 2.75) is 27.3 Å². The van der Waals surface area contributed by atoms with Gasteiger partial charge in [-0.3, -0.25) is 9.59 Å². The maximum atomic E-state index is 12.2. The number of hydrogen-bond acceptors (Lipinski definition) is 3. The van der Waals surface area contributed by atoms with E-state index < -0.39 is 5.56 Å². The molecule has 1 aromatic carbocycles. The average Bonchev–Trinajstić information content (AvgIpc) is 2.46. The molecule has 0 saturated carbocycles. The first-order chi connectivity index (χ1) is 10.8. The number of aryl methyl sites for hydroxylation is 3. The highest BCUT2D eigenvalue weighted by atomic mass is 35.5. The summed E-state index contributed by atoms with van der Waals surface area (Å²) < 4.78 is 1.21. The lowest BCUT2D eigenvalue weighted by molar-refractivity contribution is -0.116. The molecule has 0 aliphatic heterocycles. The van der Waals surface area contributed by atoms with Crippen LogP contribution in [0.4, 0.5) is 5.69 Å². The third-order valence-electron chi connectivity index (χ3n) is 3.50. The van der Waals surface area contributed by atoms with E-state index >= 15 is 0 Å². The second-order valence-electron chi connectivity index (χ2n) is 5.41. The maximum Gasteiger partial charge on any atom is 0.269 e. The number of benzene rings is 1. The Morgan fingerprint density at radius 3 is 2.61 bits per heavy atom. The van der Waals surface area contributed by atoms with Gasteiger partial charge in [0, 0.05) is 6.20 Å². The molecule has 0 radical (unpaired) electrons. The van der Waals surface area contributed by atoms with Crippen molar-refractivity contribution in [3.05, 3.63) is 62.0 Å². The molecule has 5 nitrogen and oxygen atoms in total. The first-order valence-corrected chi connectivity index (χ1v) is 7.38. The molecule has 1 amide bonds. The van der Waals surface area contributed by atoms with Crippen molar-refractivity contribution in [2.24, 2.45) is 0 Å². The lowest BCUT2D eigenvalue weighted by Crippen LogP contribution is -2.29. The Hall–Kier alpha value is -2.58. The van der Waals surface area contributed by atoms with Crippen molar-refractivity contribution in [1.29, 1.82) is 5.26 Å². The third-order valence-corrected chi connectivity index (χ3v) is 3.79. The molecule has 1 aromatic heterocycles. The fraction of sp³-hybridized carbons (Fsp3) is 0.235. The molecule has 23 heavy (non-hydrogen) atoms. The van der Waals surface area contributed by atoms with Gasteiger partial charge in [-0.2, -0.15) is 5.26 Å². The molecule has 1 N–H and O–H groups in total. The van der Waals surface area contributed by atoms with Crippen LogP contribution in [0.1, 0.15) is 22.3 Å². The number of hydrogen-bond donors (Lipinski definition) is 1. The monoisotopic (exact) mass is 329 g/mol. The number of amides is 1. The summed E-state index contributed by atoms with van der Waals surface area (Å²) >= 11 is 6.16. The fourth-order valence-electron chi connectivity index (χ4n) is 2.33. The van der Waals surface area contributed by atoms with Crippen molar-refractivity contribution in [2.75, 3.05) is 5.32 Å². The Morgan fingerprint density at radius 1 is 1.30 bits per heavy atom. The van der Waals surface area contributed by atoms with Gasteiger partial charge >= 0.3 is 0 Å². The van der Waals surface area contributed by atoms with Gasteiger partial charge in [0.25, 0.3) is 5.56 Å². The topological polar surface area (TPSA) is 74.9 Å². The minimum atomic E-state index is -0.477. The summed E-state index contributed by atoms with van der Waals surface area (Å²) in [5.74, 6) is -0.381. The van der Waals surface area contributed by atoms with Crippen molar-refractivity contribution < 1.29 is 4.79 Å². The summed E-state index contributed by atoms with van der Waals surface area (Å²) in [5, 5.41) is 12.2. The van der Waals surface area contributed by atoms with E-state index in [9.17, 15) is 9.59 Å². The molecule has 0 fully saturated rings. The second-order valence-corrected chi connectivity index (χ2v) is 5.81. The van der Waals surface area contributed by atoms with Gasteiger partial charge in [0.1, 0.15) is 18.2 Å². The van der Waals surface area contributed by atoms with E-state index in [1.165, 1.54) is 10.8 Å². The predicted octanol–water partition coefficient (Wildman–Crippen LogP) is 2.94. The summed E-state index contributed by atoms with van der Waals surface area (Å²) in [5.41, 5.74) is 2.53. The second kappa shape index (κ2) is 6.67. The van der Waals surface area contributed by atoms with Gasteiger partial charge in [0.2, 0.25) is 5.91 Å². The number of carbonyl (C=O) groups excluding carboxylic acids is 1. The van der Waals surface area contributed by atoms with Gasteiger partial charge in [0.05, 0.1) is 10.7 Å². The van der Waals surface area contributed by atoms with Crippen LogP contribution in [-0.4, -0.2) is 10.5 Å². The van der Waals surface area contributed by atoms with E-state index in [0.717, 1.165) is 11.1 Å². The highest BCUT2D eigenvalue weighted by Crippen LogP contribution is 2.27. The summed E-state index contributed by atoms with van der Waals surface area (Å²) in [6.45, 7) is 5.26. The molecule has 2 rings (SSSR count). The van der Waals surface area contributed by atoms with Crippen LogP contribution < -0.4 is 10.9 Å². The van der Waals surface area contributed by atoms with E-state index in [2.05, 4.69) is 5.32 Å². The summed E-state index contributed by atoms with van der Waals surface area (Å²) in [6.07, 6.45) is 1.50. The Kier molecular flexibility index (Phi) is 4.87. The van der Waals surface area contributed by atoms with Gasteiger partial charge in [-0.25, -0.2) is 0 Å². The maximum absolute atomic E-state index is 12.2. The summed E-state index contributed by atoms with van der Waals surface area (Å²) in [4.78, 5) is 24.3. The lowest BCUT2D eigenvalue weighted by atomic mass is 10.1. The third kappa shape index (κ3) is 3.61. The Morgan fingerprint density at radius 2 is 2.00 bits per heavy atom. The quantitative estimate of drug-likeness (QED) is 0.940. The molecule has 0 atom stereocenters. The standard InChI is InChI=1S/C17H16ClN3O2/c1-10-6-12(3)16(14(18)7-10)20-15(22)9-21-5-4-11(2)13(8-19)17(21)23/h4-7H,9H2,1-3H3,(H,20,22). The zero-order valence-electron chi connectivity index (χ0n) is 13.1. The van der Waals surface area contributed by atoms with Gasteiger partial charge in [-0.05, 0) is 49.6 Å². The number of aromatic nitrogens is 1. The van der Waals surface area contributed by atoms with E-state index in [-0.39, 0.29) is 18.0 Å². The number of halogens is 1. The number of rotatable bonds is 3. The van der Waals surface area contributed by atoms with E-state index in [1.54, 1.807) is 19.1 Å². The largest absolute Gasteiger partial charge is 0.323 e. The zero-order valence-corrected chi connectivity index (χ0v) is 13.9. The van der Waals surface area contributed by atoms with Crippen LogP contribution in [0.2, 0.25) is 5.02 Å². The number of anilines is 1. The van der Waals surface area contributed by atoms with E-state index in [4.69, 9.17) is 16.9 Å². The number of nitrogens with zero attached hydrogens (tertiary/aromatic N) is 2. The molecule has 1 heterocycles. The van der Waals surface area contributed by atoms with Gasteiger partial charge in [0.15, 0.2) is 0 Å². The normalized spacial score (nSPS) is 10.2. The van der Waals surface area contributed by atoms with Gasteiger partial charge < -0.3 is 9.88 Å². The van der Waals surface area contributed by atoms with Crippen molar-refractivity contribution >= 4 is 23.2 Å². The van der Waals surface area contributed by atoms with Crippen LogP contribution in [0.3, 0.4) is 0 Å². The van der Waals surface area contributed by atoms with E-state index in [1.807, 2.05) is 26.0 Å². The van der Waals surface area contributed by atoms with E-state index in [0.29, 0.717) is 16.3 Å². The number of carbonyl (C=O) groups is 1. The Balaban J connectivity index is 2.25. The van der Waals surface area contributed by atoms with Crippen LogP contribution in [0, 0.1) is 32.1 Å². The van der Waals surface area contributed by atoms with Crippen LogP contribution in [-0.2, 0) is 11.3 Å². The van der Waals surface area contributed by atoms with Crippen LogP contribution in [0.5, 0.6) is 0 Å². The van der Waals surface area contributed by atoms with Gasteiger partial charge in [-0.1, -0.05) is 17.7 Å². The number of nitriles is 1. The van der Waals surface area contributed by atoms with Gasteiger partial charge in [-0.15, -0.1) is 0 Å². The minimum absolute atomic E-state index is 0.0462. The van der Waals surface area contributed by atoms with Crippen molar-refractivity contribution in [1.82, 2.24) is 4.57 Å². The molecule has 0 unspecified atom stereocenters. The molecule has 0 bridgehead atoms. The average molecular weight is 330 g/mol. The molecule has 0 aliphatic carbocycles. The first-order valence-electron chi connectivity index (χ1n) is 7.00. The predicted molar refractivity (Wildman–Crippen MR) is 89.7 cm³/mol. The molecular weight excluding hydrogens is 314 g/mol. The number of pyridine rings is 1. The summed E-state index contributed by atoms with van der Waals surface area (Å²) in [6, 6.07) is 7.17. The van der Waals surface area contributed by atoms with Crippen LogP contribution in [0.25, 0.3) is 0 Å². The Bertz CT molecular complexity index is 855. The highest BCUT2D eigenvalue weighted by Gasteiger charge is 2.12. The summed E-state index contributed by atoms with van der Waals surface area (Å²) in [7, 11) is 0. The molecule has 0 saturated heterocycles. The lowest BCUT2D eigenvalue weighted by Gasteiger charge is -2.12. The molecule has 0 spiro atoms. The molecule has 118 valence electrons. The fourth-order valence-corrected chi connectivity index (χ4v) is 2.70. The van der Waals surface area contributed by atoms with Crippen molar-refractivity contribution in [3.8, 4) is 6.07 Å². The SMILES string of the molecule is Cc1cc(C)c(NC(=O)Cn2ccc(C)c(C#N)c2=O)c(Cl)c1.